The minimum atomic E-state index is 0.0933. The van der Waals surface area contributed by atoms with Gasteiger partial charge in [-0.05, 0) is 63.2 Å². The first-order valence-corrected chi connectivity index (χ1v) is 8.59. The number of carbonyl (C=O) groups excluding carboxylic acids is 1. The SMILES string of the molecule is CCn1c2ccc(C(C)=O)cc2c2cc(-c3cccc(C)n3)ccc21. The summed E-state index contributed by atoms with van der Waals surface area (Å²) in [6.45, 7) is 6.65. The molecule has 0 saturated carbocycles. The molecule has 0 saturated heterocycles. The second-order valence-electron chi connectivity index (χ2n) is 6.43. The molecule has 0 aliphatic heterocycles. The molecule has 2 aromatic carbocycles. The van der Waals surface area contributed by atoms with Crippen molar-refractivity contribution < 1.29 is 4.79 Å². The lowest BCUT2D eigenvalue weighted by atomic mass is 10.0. The zero-order valence-electron chi connectivity index (χ0n) is 14.7. The number of aryl methyl sites for hydroxylation is 2. The number of rotatable bonds is 3. The highest BCUT2D eigenvalue weighted by Gasteiger charge is 2.13. The maximum absolute atomic E-state index is 11.8. The maximum atomic E-state index is 11.8. The van der Waals surface area contributed by atoms with Crippen molar-refractivity contribution in [2.75, 3.05) is 0 Å². The van der Waals surface area contributed by atoms with Gasteiger partial charge in [-0.25, -0.2) is 0 Å². The largest absolute Gasteiger partial charge is 0.341 e. The Morgan fingerprint density at radius 1 is 1.00 bits per heavy atom. The number of pyridine rings is 1. The standard InChI is InChI=1S/C22H20N2O/c1-4-24-21-10-8-16(15(3)25)12-18(21)19-13-17(9-11-22(19)24)20-7-5-6-14(2)23-20/h5-13H,4H2,1-3H3. The van der Waals surface area contributed by atoms with E-state index in [1.165, 1.54) is 10.9 Å². The Kier molecular flexibility index (Phi) is 3.65. The van der Waals surface area contributed by atoms with Crippen LogP contribution in [0.2, 0.25) is 0 Å². The van der Waals surface area contributed by atoms with Crippen molar-refractivity contribution in [3.63, 3.8) is 0 Å². The van der Waals surface area contributed by atoms with Crippen molar-refractivity contribution in [2.45, 2.75) is 27.3 Å². The van der Waals surface area contributed by atoms with Gasteiger partial charge in [0.2, 0.25) is 0 Å². The predicted molar refractivity (Wildman–Crippen MR) is 103 cm³/mol. The van der Waals surface area contributed by atoms with Gasteiger partial charge in [0.1, 0.15) is 0 Å². The summed E-state index contributed by atoms with van der Waals surface area (Å²) in [5, 5.41) is 2.29. The van der Waals surface area contributed by atoms with Gasteiger partial charge in [0.25, 0.3) is 0 Å². The van der Waals surface area contributed by atoms with E-state index >= 15 is 0 Å². The van der Waals surface area contributed by atoms with Crippen molar-refractivity contribution in [1.29, 1.82) is 0 Å². The van der Waals surface area contributed by atoms with Crippen molar-refractivity contribution in [2.24, 2.45) is 0 Å². The normalized spacial score (nSPS) is 11.3. The number of benzene rings is 2. The van der Waals surface area contributed by atoms with E-state index in [-0.39, 0.29) is 5.78 Å². The molecule has 124 valence electrons. The molecule has 25 heavy (non-hydrogen) atoms. The Balaban J connectivity index is 2.04. The number of carbonyl (C=O) groups is 1. The Hall–Kier alpha value is -2.94. The molecule has 0 bridgehead atoms. The van der Waals surface area contributed by atoms with Crippen LogP contribution in [-0.2, 0) is 6.54 Å². The number of Topliss-reactive ketones (excluding diaryl/α,β-unsaturated/α-hetero) is 1. The van der Waals surface area contributed by atoms with E-state index in [4.69, 9.17) is 0 Å². The Morgan fingerprint density at radius 2 is 1.72 bits per heavy atom. The summed E-state index contributed by atoms with van der Waals surface area (Å²) < 4.78 is 2.29. The fourth-order valence-electron chi connectivity index (χ4n) is 3.53. The van der Waals surface area contributed by atoms with E-state index in [9.17, 15) is 4.79 Å². The van der Waals surface area contributed by atoms with Gasteiger partial charge in [0, 0.05) is 45.2 Å². The van der Waals surface area contributed by atoms with Crippen molar-refractivity contribution in [3.05, 3.63) is 65.9 Å². The third-order valence-corrected chi connectivity index (χ3v) is 4.77. The van der Waals surface area contributed by atoms with Crippen LogP contribution in [0.4, 0.5) is 0 Å². The zero-order chi connectivity index (χ0) is 17.6. The lowest BCUT2D eigenvalue weighted by molar-refractivity contribution is 0.101. The first-order valence-electron chi connectivity index (χ1n) is 8.59. The summed E-state index contributed by atoms with van der Waals surface area (Å²) in [5.74, 6) is 0.0933. The minimum Gasteiger partial charge on any atom is -0.341 e. The molecule has 3 heteroatoms. The molecular weight excluding hydrogens is 308 g/mol. The van der Waals surface area contributed by atoms with Crippen LogP contribution >= 0.6 is 0 Å². The lowest BCUT2D eigenvalue weighted by Gasteiger charge is -2.05. The summed E-state index contributed by atoms with van der Waals surface area (Å²) in [6, 6.07) is 18.5. The Bertz CT molecular complexity index is 1120. The summed E-state index contributed by atoms with van der Waals surface area (Å²) in [5.41, 5.74) is 6.18. The van der Waals surface area contributed by atoms with Crippen LogP contribution in [0.3, 0.4) is 0 Å². The minimum absolute atomic E-state index is 0.0933. The number of nitrogens with zero attached hydrogens (tertiary/aromatic N) is 2. The van der Waals surface area contributed by atoms with Gasteiger partial charge < -0.3 is 4.57 Å². The molecule has 3 nitrogen and oxygen atoms in total. The first kappa shape index (κ1) is 15.6. The van der Waals surface area contributed by atoms with Gasteiger partial charge in [-0.15, -0.1) is 0 Å². The monoisotopic (exact) mass is 328 g/mol. The Morgan fingerprint density at radius 3 is 2.40 bits per heavy atom. The zero-order valence-corrected chi connectivity index (χ0v) is 14.7. The van der Waals surface area contributed by atoms with Crippen LogP contribution in [0.1, 0.15) is 29.9 Å². The highest BCUT2D eigenvalue weighted by atomic mass is 16.1. The van der Waals surface area contributed by atoms with Crippen LogP contribution in [-0.4, -0.2) is 15.3 Å². The molecule has 0 unspecified atom stereocenters. The number of hydrogen-bond donors (Lipinski definition) is 0. The second-order valence-corrected chi connectivity index (χ2v) is 6.43. The van der Waals surface area contributed by atoms with Crippen LogP contribution < -0.4 is 0 Å². The molecule has 0 aliphatic carbocycles. The van der Waals surface area contributed by atoms with Crippen molar-refractivity contribution >= 4 is 27.6 Å². The van der Waals surface area contributed by atoms with E-state index in [1.54, 1.807) is 6.92 Å². The molecule has 0 aliphatic rings. The molecule has 0 N–H and O–H groups in total. The first-order chi connectivity index (χ1) is 12.1. The molecule has 0 fully saturated rings. The maximum Gasteiger partial charge on any atom is 0.159 e. The van der Waals surface area contributed by atoms with Gasteiger partial charge >= 0.3 is 0 Å². The third-order valence-electron chi connectivity index (χ3n) is 4.77. The van der Waals surface area contributed by atoms with Gasteiger partial charge in [-0.3, -0.25) is 9.78 Å². The van der Waals surface area contributed by atoms with Gasteiger partial charge in [0.15, 0.2) is 5.78 Å². The van der Waals surface area contributed by atoms with Gasteiger partial charge in [-0.2, -0.15) is 0 Å². The van der Waals surface area contributed by atoms with Crippen LogP contribution in [0, 0.1) is 6.92 Å². The average molecular weight is 328 g/mol. The molecule has 4 aromatic rings. The van der Waals surface area contributed by atoms with Crippen LogP contribution in [0.5, 0.6) is 0 Å². The van der Waals surface area contributed by atoms with Gasteiger partial charge in [-0.1, -0.05) is 12.1 Å². The van der Waals surface area contributed by atoms with E-state index in [0.717, 1.165) is 40.0 Å². The Labute approximate surface area is 146 Å². The highest BCUT2D eigenvalue weighted by molar-refractivity contribution is 6.11. The molecule has 0 amide bonds. The average Bonchev–Trinajstić information content (AvgIpc) is 2.93. The molecule has 0 spiro atoms. The topological polar surface area (TPSA) is 34.9 Å². The summed E-state index contributed by atoms with van der Waals surface area (Å²) in [6.07, 6.45) is 0. The van der Waals surface area contributed by atoms with Crippen LogP contribution in [0.25, 0.3) is 33.1 Å². The number of ketones is 1. The highest BCUT2D eigenvalue weighted by Crippen LogP contribution is 2.33. The summed E-state index contributed by atoms with van der Waals surface area (Å²) in [4.78, 5) is 16.5. The van der Waals surface area contributed by atoms with E-state index in [0.29, 0.717) is 0 Å². The second kappa shape index (κ2) is 5.85. The van der Waals surface area contributed by atoms with E-state index in [1.807, 2.05) is 37.3 Å². The van der Waals surface area contributed by atoms with E-state index < -0.39 is 0 Å². The van der Waals surface area contributed by atoms with Crippen molar-refractivity contribution in [3.8, 4) is 11.3 Å². The molecular formula is C22H20N2O. The predicted octanol–water partition coefficient (Wildman–Crippen LogP) is 5.39. The number of hydrogen-bond acceptors (Lipinski definition) is 2. The fourth-order valence-corrected chi connectivity index (χ4v) is 3.53. The smallest absolute Gasteiger partial charge is 0.159 e. The number of aromatic nitrogens is 2. The van der Waals surface area contributed by atoms with Crippen molar-refractivity contribution in [1.82, 2.24) is 9.55 Å². The molecule has 2 aromatic heterocycles. The summed E-state index contributed by atoms with van der Waals surface area (Å²) in [7, 11) is 0. The molecule has 4 rings (SSSR count). The number of fused-ring (bicyclic) bond motifs is 3. The molecule has 0 radical (unpaired) electrons. The third kappa shape index (κ3) is 2.52. The quantitative estimate of drug-likeness (QED) is 0.473. The lowest BCUT2D eigenvalue weighted by Crippen LogP contribution is -1.94. The molecule has 0 atom stereocenters. The fraction of sp³-hybridized carbons (Fsp3) is 0.182. The van der Waals surface area contributed by atoms with E-state index in [2.05, 4.69) is 40.7 Å². The summed E-state index contributed by atoms with van der Waals surface area (Å²) >= 11 is 0. The van der Waals surface area contributed by atoms with Gasteiger partial charge in [0.05, 0.1) is 5.69 Å². The van der Waals surface area contributed by atoms with Crippen LogP contribution in [0.15, 0.2) is 54.6 Å². The molecule has 2 heterocycles.